The van der Waals surface area contributed by atoms with Gasteiger partial charge in [0.1, 0.15) is 13.2 Å². The maximum Gasteiger partial charge on any atom is 0.322 e. The van der Waals surface area contributed by atoms with Crippen molar-refractivity contribution in [3.63, 3.8) is 0 Å². The fourth-order valence-corrected chi connectivity index (χ4v) is 5.40. The monoisotopic (exact) mass is 545 g/mol. The van der Waals surface area contributed by atoms with Gasteiger partial charge in [-0.2, -0.15) is 0 Å². The highest BCUT2D eigenvalue weighted by Gasteiger charge is 2.33. The maximum absolute atomic E-state index is 14.2. The molecule has 1 N–H and O–H groups in total. The van der Waals surface area contributed by atoms with Crippen LogP contribution < -0.4 is 10.1 Å². The van der Waals surface area contributed by atoms with Crippen molar-refractivity contribution >= 4 is 40.6 Å². The van der Waals surface area contributed by atoms with Crippen molar-refractivity contribution in [1.82, 2.24) is 9.80 Å². The number of benzene rings is 2. The minimum atomic E-state index is -0.455. The third-order valence-corrected chi connectivity index (χ3v) is 7.35. The average Bonchev–Trinajstić information content (AvgIpc) is 3.37. The van der Waals surface area contributed by atoms with Crippen molar-refractivity contribution < 1.29 is 23.5 Å². The zero-order valence-corrected chi connectivity index (χ0v) is 22.1. The highest BCUT2D eigenvalue weighted by Crippen LogP contribution is 2.34. The summed E-state index contributed by atoms with van der Waals surface area (Å²) in [4.78, 5) is 31.1. The van der Waals surface area contributed by atoms with Gasteiger partial charge in [0.2, 0.25) is 5.91 Å². The lowest BCUT2D eigenvalue weighted by atomic mass is 10.0. The van der Waals surface area contributed by atoms with Gasteiger partial charge in [0, 0.05) is 42.4 Å². The van der Waals surface area contributed by atoms with Crippen molar-refractivity contribution in [1.29, 1.82) is 0 Å². The summed E-state index contributed by atoms with van der Waals surface area (Å²) in [6.07, 6.45) is 1.29. The number of hydrogen-bond donors (Lipinski definition) is 1. The molecule has 0 saturated heterocycles. The molecule has 2 heterocycles. The van der Waals surface area contributed by atoms with Crippen LogP contribution in [-0.4, -0.2) is 61.7 Å². The first-order valence-electron chi connectivity index (χ1n) is 12.0. The predicted octanol–water partition coefficient (Wildman–Crippen LogP) is 5.62. The van der Waals surface area contributed by atoms with E-state index >= 15 is 0 Å². The Labute approximate surface area is 224 Å². The first kappa shape index (κ1) is 26.9. The normalized spacial score (nSPS) is 14.7. The smallest absolute Gasteiger partial charge is 0.322 e. The average molecular weight is 546 g/mol. The molecule has 0 fully saturated rings. The van der Waals surface area contributed by atoms with Crippen LogP contribution in [0.5, 0.6) is 5.75 Å². The number of ether oxygens (including phenoxy) is 2. The summed E-state index contributed by atoms with van der Waals surface area (Å²) >= 11 is 7.69. The standard InChI is InChI=1S/C27H29ClFN3O4S/c1-35-14-5-12-31(27(34)30-20-7-4-6-19(28)16-20)17-26(33)32-13-10-25-21(11-15-37-25)23(32)18-36-24-9-3-2-8-22(24)29/h2-4,6-9,11,15-16,23H,5,10,12-14,17-18H2,1H3,(H,30,34)/t23-/m0/s1. The Bertz CT molecular complexity index is 1220. The highest BCUT2D eigenvalue weighted by atomic mass is 35.5. The van der Waals surface area contributed by atoms with Gasteiger partial charge in [0.05, 0.1) is 6.04 Å². The van der Waals surface area contributed by atoms with Gasteiger partial charge in [-0.1, -0.05) is 29.8 Å². The Morgan fingerprint density at radius 2 is 2.05 bits per heavy atom. The number of thiophene rings is 1. The van der Waals surface area contributed by atoms with Crippen LogP contribution in [0.15, 0.2) is 60.0 Å². The summed E-state index contributed by atoms with van der Waals surface area (Å²) in [5, 5.41) is 5.31. The van der Waals surface area contributed by atoms with E-state index in [4.69, 9.17) is 21.1 Å². The molecule has 196 valence electrons. The SMILES string of the molecule is COCCCN(CC(=O)N1CCc2sccc2[C@@H]1COc1ccccc1F)C(=O)Nc1cccc(Cl)c1. The molecule has 37 heavy (non-hydrogen) atoms. The van der Waals surface area contributed by atoms with Gasteiger partial charge >= 0.3 is 6.03 Å². The molecule has 3 aromatic rings. The van der Waals surface area contributed by atoms with Crippen LogP contribution in [0.3, 0.4) is 0 Å². The van der Waals surface area contributed by atoms with Crippen molar-refractivity contribution in [2.75, 3.05) is 45.3 Å². The topological polar surface area (TPSA) is 71.1 Å². The van der Waals surface area contributed by atoms with E-state index in [1.54, 1.807) is 65.8 Å². The lowest BCUT2D eigenvalue weighted by molar-refractivity contribution is -0.135. The zero-order valence-electron chi connectivity index (χ0n) is 20.5. The number of hydrogen-bond acceptors (Lipinski definition) is 5. The van der Waals surface area contributed by atoms with Crippen LogP contribution in [0.1, 0.15) is 22.9 Å². The summed E-state index contributed by atoms with van der Waals surface area (Å²) in [6.45, 7) is 1.26. The Balaban J connectivity index is 1.49. The van der Waals surface area contributed by atoms with E-state index in [9.17, 15) is 14.0 Å². The molecule has 1 aliphatic rings. The molecule has 1 aromatic heterocycles. The number of halogens is 2. The summed E-state index contributed by atoms with van der Waals surface area (Å²) in [5.41, 5.74) is 1.54. The lowest BCUT2D eigenvalue weighted by Crippen LogP contribution is -2.49. The molecule has 0 aliphatic carbocycles. The number of amides is 3. The first-order valence-corrected chi connectivity index (χ1v) is 13.3. The number of methoxy groups -OCH3 is 1. The predicted molar refractivity (Wildman–Crippen MR) is 143 cm³/mol. The van der Waals surface area contributed by atoms with Crippen LogP contribution in [0, 0.1) is 5.82 Å². The number of nitrogens with zero attached hydrogens (tertiary/aromatic N) is 2. The number of fused-ring (bicyclic) bond motifs is 1. The molecule has 4 rings (SSSR count). The molecular weight excluding hydrogens is 517 g/mol. The van der Waals surface area contributed by atoms with E-state index in [1.165, 1.54) is 15.8 Å². The van der Waals surface area contributed by atoms with Gasteiger partial charge in [-0.25, -0.2) is 9.18 Å². The van der Waals surface area contributed by atoms with Gasteiger partial charge in [-0.05, 0) is 60.2 Å². The minimum absolute atomic E-state index is 0.106. The molecule has 3 amide bonds. The number of rotatable bonds is 10. The maximum atomic E-state index is 14.2. The molecule has 0 spiro atoms. The van der Waals surface area contributed by atoms with Crippen molar-refractivity contribution in [2.45, 2.75) is 18.9 Å². The van der Waals surface area contributed by atoms with Crippen molar-refractivity contribution in [2.24, 2.45) is 0 Å². The second-order valence-corrected chi connectivity index (χ2v) is 10.0. The summed E-state index contributed by atoms with van der Waals surface area (Å²) in [7, 11) is 1.59. The van der Waals surface area contributed by atoms with E-state index in [1.807, 2.05) is 11.4 Å². The van der Waals surface area contributed by atoms with Gasteiger partial charge in [-0.3, -0.25) is 4.79 Å². The Morgan fingerprint density at radius 1 is 1.22 bits per heavy atom. The molecule has 2 aromatic carbocycles. The molecule has 0 bridgehead atoms. The molecule has 1 atom stereocenters. The van der Waals surface area contributed by atoms with E-state index in [-0.39, 0.29) is 30.9 Å². The molecular formula is C27H29ClFN3O4S. The van der Waals surface area contributed by atoms with Gasteiger partial charge < -0.3 is 24.6 Å². The number of urea groups is 1. The van der Waals surface area contributed by atoms with Gasteiger partial charge in [0.25, 0.3) is 0 Å². The largest absolute Gasteiger partial charge is 0.488 e. The quantitative estimate of drug-likeness (QED) is 0.336. The summed E-state index contributed by atoms with van der Waals surface area (Å²) < 4.78 is 25.1. The molecule has 7 nitrogen and oxygen atoms in total. The van der Waals surface area contributed by atoms with Crippen LogP contribution in [0.4, 0.5) is 14.9 Å². The van der Waals surface area contributed by atoms with Crippen molar-refractivity contribution in [3.8, 4) is 5.75 Å². The Kier molecular flexibility index (Phi) is 9.38. The third-order valence-electron chi connectivity index (χ3n) is 6.11. The molecule has 1 aliphatic heterocycles. The van der Waals surface area contributed by atoms with Crippen LogP contribution in [-0.2, 0) is 16.0 Å². The Morgan fingerprint density at radius 3 is 2.84 bits per heavy atom. The minimum Gasteiger partial charge on any atom is -0.488 e. The fraction of sp³-hybridized carbons (Fsp3) is 0.333. The molecule has 0 radical (unpaired) electrons. The third kappa shape index (κ3) is 7.00. The van der Waals surface area contributed by atoms with Crippen LogP contribution >= 0.6 is 22.9 Å². The molecule has 0 unspecified atom stereocenters. The van der Waals surface area contributed by atoms with E-state index in [2.05, 4.69) is 5.32 Å². The number of para-hydroxylation sites is 1. The number of anilines is 1. The zero-order chi connectivity index (χ0) is 26.2. The Hall–Kier alpha value is -3.14. The van der Waals surface area contributed by atoms with Gasteiger partial charge in [-0.15, -0.1) is 11.3 Å². The van der Waals surface area contributed by atoms with Crippen molar-refractivity contribution in [3.05, 3.63) is 81.3 Å². The summed E-state index contributed by atoms with van der Waals surface area (Å²) in [6, 6.07) is 14.2. The first-order chi connectivity index (χ1) is 18.0. The van der Waals surface area contributed by atoms with E-state index in [0.29, 0.717) is 43.2 Å². The van der Waals surface area contributed by atoms with Crippen LogP contribution in [0.2, 0.25) is 5.02 Å². The second-order valence-electron chi connectivity index (χ2n) is 8.60. The van der Waals surface area contributed by atoms with Crippen LogP contribution in [0.25, 0.3) is 0 Å². The molecule has 10 heteroatoms. The van der Waals surface area contributed by atoms with Gasteiger partial charge in [0.15, 0.2) is 11.6 Å². The highest BCUT2D eigenvalue weighted by molar-refractivity contribution is 7.10. The van der Waals surface area contributed by atoms with E-state index in [0.717, 1.165) is 5.56 Å². The number of carbonyl (C=O) groups is 2. The lowest BCUT2D eigenvalue weighted by Gasteiger charge is -2.37. The fourth-order valence-electron chi connectivity index (χ4n) is 4.28. The van der Waals surface area contributed by atoms with E-state index < -0.39 is 11.8 Å². The molecule has 0 saturated carbocycles. The number of nitrogens with one attached hydrogen (secondary N) is 1. The number of carbonyl (C=O) groups excluding carboxylic acids is 2. The summed E-state index contributed by atoms with van der Waals surface area (Å²) in [5.74, 6) is -0.527. The second kappa shape index (κ2) is 12.9.